The maximum atomic E-state index is 13.4. The lowest BCUT2D eigenvalue weighted by molar-refractivity contribution is -0.119. The first-order valence-corrected chi connectivity index (χ1v) is 7.40. The number of sulfonamides is 1. The lowest BCUT2D eigenvalue weighted by atomic mass is 10.1. The second kappa shape index (κ2) is 7.41. The van der Waals surface area contributed by atoms with Crippen molar-refractivity contribution < 1.29 is 17.6 Å². The van der Waals surface area contributed by atoms with Gasteiger partial charge in [0.05, 0.1) is 11.9 Å². The first-order valence-electron chi connectivity index (χ1n) is 5.51. The first kappa shape index (κ1) is 18.6. The molecule has 1 aromatic carbocycles. The molecule has 0 aliphatic rings. The van der Waals surface area contributed by atoms with E-state index < -0.39 is 21.8 Å². The third-order valence-electron chi connectivity index (χ3n) is 2.33. The van der Waals surface area contributed by atoms with Gasteiger partial charge in [0.15, 0.2) is 0 Å². The lowest BCUT2D eigenvalue weighted by Crippen LogP contribution is -2.26. The van der Waals surface area contributed by atoms with Gasteiger partial charge >= 0.3 is 0 Å². The van der Waals surface area contributed by atoms with Gasteiger partial charge in [-0.15, -0.1) is 12.4 Å². The largest absolute Gasteiger partial charge is 0.330 e. The normalized spacial score (nSPS) is 12.2. The van der Waals surface area contributed by atoms with Crippen molar-refractivity contribution in [2.75, 3.05) is 22.8 Å². The van der Waals surface area contributed by atoms with Gasteiger partial charge in [0.2, 0.25) is 15.9 Å². The zero-order valence-electron chi connectivity index (χ0n) is 11.0. The lowest BCUT2D eigenvalue weighted by Gasteiger charge is -2.12. The third kappa shape index (κ3) is 5.72. The molecule has 1 aromatic rings. The maximum absolute atomic E-state index is 13.4. The Morgan fingerprint density at radius 3 is 2.55 bits per heavy atom. The number of rotatable bonds is 5. The number of halogens is 2. The zero-order valence-corrected chi connectivity index (χ0v) is 12.6. The molecule has 1 amide bonds. The molecule has 4 N–H and O–H groups in total. The summed E-state index contributed by atoms with van der Waals surface area (Å²) in [5.74, 6) is -1.44. The molecule has 0 fully saturated rings. The second-order valence-corrected chi connectivity index (χ2v) is 5.94. The van der Waals surface area contributed by atoms with Crippen LogP contribution in [0.4, 0.5) is 15.8 Å². The summed E-state index contributed by atoms with van der Waals surface area (Å²) in [6.45, 7) is 1.83. The van der Waals surface area contributed by atoms with Gasteiger partial charge in [-0.2, -0.15) is 0 Å². The molecule has 1 unspecified atom stereocenters. The van der Waals surface area contributed by atoms with E-state index in [4.69, 9.17) is 5.73 Å². The maximum Gasteiger partial charge on any atom is 0.229 e. The van der Waals surface area contributed by atoms with Crippen LogP contribution >= 0.6 is 12.4 Å². The predicted octanol–water partition coefficient (Wildman–Crippen LogP) is 1.15. The number of amides is 1. The quantitative estimate of drug-likeness (QED) is 0.756. The minimum atomic E-state index is -3.59. The molecule has 20 heavy (non-hydrogen) atoms. The first-order chi connectivity index (χ1) is 8.73. The molecular weight excluding hydrogens is 309 g/mol. The summed E-state index contributed by atoms with van der Waals surface area (Å²) >= 11 is 0. The van der Waals surface area contributed by atoms with Gasteiger partial charge in [0.1, 0.15) is 5.82 Å². The molecule has 114 valence electrons. The molecule has 0 aromatic heterocycles. The van der Waals surface area contributed by atoms with Crippen molar-refractivity contribution in [3.05, 3.63) is 24.0 Å². The van der Waals surface area contributed by atoms with E-state index in [1.165, 1.54) is 12.1 Å². The molecule has 0 aliphatic carbocycles. The highest BCUT2D eigenvalue weighted by atomic mass is 35.5. The predicted molar refractivity (Wildman–Crippen MR) is 79.0 cm³/mol. The van der Waals surface area contributed by atoms with Crippen LogP contribution in [0.5, 0.6) is 0 Å². The van der Waals surface area contributed by atoms with Crippen molar-refractivity contribution in [2.45, 2.75) is 6.92 Å². The SMILES string of the molecule is CC(CN)C(=O)Nc1ccc(F)c(NS(C)(=O)=O)c1.Cl. The molecule has 0 heterocycles. The number of hydrogen-bond acceptors (Lipinski definition) is 4. The zero-order chi connectivity index (χ0) is 14.6. The Bertz CT molecular complexity index is 580. The number of benzene rings is 1. The van der Waals surface area contributed by atoms with Crippen LogP contribution in [-0.4, -0.2) is 27.1 Å². The molecule has 0 saturated carbocycles. The van der Waals surface area contributed by atoms with E-state index >= 15 is 0 Å². The molecule has 0 radical (unpaired) electrons. The van der Waals surface area contributed by atoms with Crippen LogP contribution in [0.2, 0.25) is 0 Å². The van der Waals surface area contributed by atoms with E-state index in [1.54, 1.807) is 6.92 Å². The van der Waals surface area contributed by atoms with E-state index in [9.17, 15) is 17.6 Å². The van der Waals surface area contributed by atoms with Gasteiger partial charge < -0.3 is 11.1 Å². The Kier molecular flexibility index (Phi) is 6.90. The Morgan fingerprint density at radius 2 is 2.05 bits per heavy atom. The molecule has 9 heteroatoms. The smallest absolute Gasteiger partial charge is 0.229 e. The van der Waals surface area contributed by atoms with Crippen LogP contribution in [0.25, 0.3) is 0 Å². The van der Waals surface area contributed by atoms with Gasteiger partial charge in [-0.05, 0) is 18.2 Å². The van der Waals surface area contributed by atoms with Gasteiger partial charge in [0.25, 0.3) is 0 Å². The molecule has 0 spiro atoms. The van der Waals surface area contributed by atoms with Crippen molar-refractivity contribution in [1.29, 1.82) is 0 Å². The van der Waals surface area contributed by atoms with Crippen LogP contribution in [0, 0.1) is 11.7 Å². The van der Waals surface area contributed by atoms with Crippen LogP contribution in [0.15, 0.2) is 18.2 Å². The Labute approximate surface area is 123 Å². The molecule has 0 bridgehead atoms. The summed E-state index contributed by atoms with van der Waals surface area (Å²) in [4.78, 5) is 11.6. The highest BCUT2D eigenvalue weighted by Crippen LogP contribution is 2.20. The highest BCUT2D eigenvalue weighted by Gasteiger charge is 2.13. The van der Waals surface area contributed by atoms with Crippen molar-refractivity contribution in [3.8, 4) is 0 Å². The van der Waals surface area contributed by atoms with Crippen molar-refractivity contribution >= 4 is 39.7 Å². The van der Waals surface area contributed by atoms with Crippen molar-refractivity contribution in [2.24, 2.45) is 11.7 Å². The topological polar surface area (TPSA) is 101 Å². The number of carbonyl (C=O) groups is 1. The van der Waals surface area contributed by atoms with E-state index in [0.29, 0.717) is 0 Å². The van der Waals surface area contributed by atoms with Crippen LogP contribution in [-0.2, 0) is 14.8 Å². The molecule has 6 nitrogen and oxygen atoms in total. The summed E-state index contributed by atoms with van der Waals surface area (Å²) in [5, 5.41) is 2.53. The average molecular weight is 326 g/mol. The Hall–Kier alpha value is -1.38. The number of nitrogens with two attached hydrogens (primary N) is 1. The Morgan fingerprint density at radius 1 is 1.45 bits per heavy atom. The second-order valence-electron chi connectivity index (χ2n) is 4.19. The Balaban J connectivity index is 0.00000361. The number of anilines is 2. The highest BCUT2D eigenvalue weighted by molar-refractivity contribution is 7.92. The number of carbonyl (C=O) groups excluding carboxylic acids is 1. The molecule has 0 saturated heterocycles. The molecule has 1 rings (SSSR count). The summed E-state index contributed by atoms with van der Waals surface area (Å²) in [6, 6.07) is 3.61. The van der Waals surface area contributed by atoms with Crippen LogP contribution in [0.1, 0.15) is 6.92 Å². The minimum Gasteiger partial charge on any atom is -0.330 e. The summed E-state index contributed by atoms with van der Waals surface area (Å²) in [7, 11) is -3.59. The summed E-state index contributed by atoms with van der Waals surface area (Å²) in [5.41, 5.74) is 5.42. The van der Waals surface area contributed by atoms with E-state index in [0.717, 1.165) is 12.3 Å². The van der Waals surface area contributed by atoms with Crippen LogP contribution < -0.4 is 15.8 Å². The van der Waals surface area contributed by atoms with Gasteiger partial charge in [0, 0.05) is 18.2 Å². The fourth-order valence-corrected chi connectivity index (χ4v) is 1.81. The van der Waals surface area contributed by atoms with E-state index in [-0.39, 0.29) is 36.2 Å². The number of nitrogens with one attached hydrogen (secondary N) is 2. The van der Waals surface area contributed by atoms with Gasteiger partial charge in [-0.25, -0.2) is 12.8 Å². The fourth-order valence-electron chi connectivity index (χ4n) is 1.25. The minimum absolute atomic E-state index is 0. The average Bonchev–Trinajstić information content (AvgIpc) is 2.30. The standard InChI is InChI=1S/C11H16FN3O3S.ClH/c1-7(6-13)11(16)14-8-3-4-9(12)10(5-8)15-19(2,17)18;/h3-5,7,15H,6,13H2,1-2H3,(H,14,16);1H. The van der Waals surface area contributed by atoms with E-state index in [1.807, 2.05) is 4.72 Å². The third-order valence-corrected chi connectivity index (χ3v) is 2.92. The van der Waals surface area contributed by atoms with Crippen molar-refractivity contribution in [3.63, 3.8) is 0 Å². The summed E-state index contributed by atoms with van der Waals surface area (Å²) in [6.07, 6.45) is 0.911. The van der Waals surface area contributed by atoms with E-state index in [2.05, 4.69) is 5.32 Å². The summed E-state index contributed by atoms with van der Waals surface area (Å²) < 4.78 is 37.5. The fraction of sp³-hybridized carbons (Fsp3) is 0.364. The van der Waals surface area contributed by atoms with Gasteiger partial charge in [-0.3, -0.25) is 9.52 Å². The van der Waals surface area contributed by atoms with Crippen LogP contribution in [0.3, 0.4) is 0 Å². The van der Waals surface area contributed by atoms with Crippen molar-refractivity contribution in [1.82, 2.24) is 0 Å². The molecule has 1 atom stereocenters. The monoisotopic (exact) mass is 325 g/mol. The molecule has 0 aliphatic heterocycles. The number of hydrogen-bond donors (Lipinski definition) is 3. The molecular formula is C11H17ClFN3O3S. The van der Waals surface area contributed by atoms with Gasteiger partial charge in [-0.1, -0.05) is 6.92 Å².